The van der Waals surface area contributed by atoms with Gasteiger partial charge in [0.1, 0.15) is 0 Å². The van der Waals surface area contributed by atoms with Crippen LogP contribution >= 0.6 is 0 Å². The van der Waals surface area contributed by atoms with Crippen LogP contribution in [0.3, 0.4) is 0 Å². The van der Waals surface area contributed by atoms with Crippen LogP contribution < -0.4 is 9.44 Å². The Kier molecular flexibility index (Phi) is 5.53. The molecule has 0 aromatic rings. The fourth-order valence-corrected chi connectivity index (χ4v) is 3.88. The molecule has 0 amide bonds. The second kappa shape index (κ2) is 6.29. The molecular formula is C9H21N3O4S2. The topological polar surface area (TPSA) is 95.6 Å². The molecule has 1 aliphatic heterocycles. The van der Waals surface area contributed by atoms with Gasteiger partial charge in [0.15, 0.2) is 0 Å². The highest BCUT2D eigenvalue weighted by molar-refractivity contribution is 7.88. The summed E-state index contributed by atoms with van der Waals surface area (Å²) in [5.41, 5.74) is 0. The molecule has 0 saturated carbocycles. The van der Waals surface area contributed by atoms with Crippen LogP contribution in [-0.4, -0.2) is 53.1 Å². The van der Waals surface area contributed by atoms with Gasteiger partial charge in [-0.05, 0) is 19.8 Å². The number of piperidine rings is 1. The van der Waals surface area contributed by atoms with E-state index in [0.717, 1.165) is 25.5 Å². The van der Waals surface area contributed by atoms with Gasteiger partial charge in [0.2, 0.25) is 10.0 Å². The number of hydrogen-bond donors (Lipinski definition) is 2. The van der Waals surface area contributed by atoms with Crippen molar-refractivity contribution in [3.8, 4) is 0 Å². The molecule has 1 rings (SSSR count). The summed E-state index contributed by atoms with van der Waals surface area (Å²) < 4.78 is 51.6. The molecule has 1 atom stereocenters. The van der Waals surface area contributed by atoms with Crippen molar-refractivity contribution in [1.82, 2.24) is 13.7 Å². The number of rotatable bonds is 6. The lowest BCUT2D eigenvalue weighted by Crippen LogP contribution is -2.49. The summed E-state index contributed by atoms with van der Waals surface area (Å²) in [6.45, 7) is 2.52. The third-order valence-electron chi connectivity index (χ3n) is 2.82. The van der Waals surface area contributed by atoms with E-state index in [0.29, 0.717) is 6.54 Å². The zero-order chi connectivity index (χ0) is 13.8. The molecule has 0 radical (unpaired) electrons. The minimum Gasteiger partial charge on any atom is -0.214 e. The van der Waals surface area contributed by atoms with Crippen LogP contribution in [0.2, 0.25) is 0 Å². The zero-order valence-electron chi connectivity index (χ0n) is 10.7. The lowest BCUT2D eigenvalue weighted by Gasteiger charge is -2.32. The Morgan fingerprint density at radius 1 is 1.11 bits per heavy atom. The van der Waals surface area contributed by atoms with E-state index in [1.54, 1.807) is 0 Å². The van der Waals surface area contributed by atoms with Crippen LogP contribution in [0.1, 0.15) is 26.2 Å². The van der Waals surface area contributed by atoms with Gasteiger partial charge in [-0.25, -0.2) is 17.9 Å². The molecule has 9 heteroatoms. The highest BCUT2D eigenvalue weighted by Crippen LogP contribution is 2.18. The first-order chi connectivity index (χ1) is 8.22. The van der Waals surface area contributed by atoms with E-state index in [-0.39, 0.29) is 19.1 Å². The van der Waals surface area contributed by atoms with Gasteiger partial charge in [0, 0.05) is 25.7 Å². The molecule has 2 N–H and O–H groups in total. The average molecular weight is 299 g/mol. The molecule has 18 heavy (non-hydrogen) atoms. The third-order valence-corrected chi connectivity index (χ3v) is 5.28. The second-order valence-electron chi connectivity index (χ2n) is 4.52. The first kappa shape index (κ1) is 15.8. The molecule has 0 aliphatic carbocycles. The van der Waals surface area contributed by atoms with Crippen molar-refractivity contribution >= 4 is 20.2 Å². The van der Waals surface area contributed by atoms with E-state index in [1.165, 1.54) is 4.31 Å². The van der Waals surface area contributed by atoms with Crippen molar-refractivity contribution in [3.63, 3.8) is 0 Å². The normalized spacial score (nSPS) is 23.1. The maximum Gasteiger partial charge on any atom is 0.279 e. The Hall–Kier alpha value is -0.220. The Morgan fingerprint density at radius 2 is 1.72 bits per heavy atom. The van der Waals surface area contributed by atoms with Crippen molar-refractivity contribution < 1.29 is 16.8 Å². The van der Waals surface area contributed by atoms with Gasteiger partial charge in [-0.2, -0.15) is 12.7 Å². The van der Waals surface area contributed by atoms with Crippen LogP contribution in [0.5, 0.6) is 0 Å². The Balaban J connectivity index is 2.44. The van der Waals surface area contributed by atoms with E-state index >= 15 is 0 Å². The molecule has 7 nitrogen and oxygen atoms in total. The summed E-state index contributed by atoms with van der Waals surface area (Å²) in [4.78, 5) is 0. The molecule has 0 bridgehead atoms. The SMILES string of the molecule is C[C@H]1CCCCN1S(=O)(=O)NCCNS(C)(=O)=O. The molecule has 1 heterocycles. The summed E-state index contributed by atoms with van der Waals surface area (Å²) in [6, 6.07) is -0.000818. The van der Waals surface area contributed by atoms with Gasteiger partial charge in [-0.3, -0.25) is 0 Å². The summed E-state index contributed by atoms with van der Waals surface area (Å²) in [6.07, 6.45) is 3.81. The number of nitrogens with zero attached hydrogens (tertiary/aromatic N) is 1. The van der Waals surface area contributed by atoms with E-state index in [4.69, 9.17) is 0 Å². The Morgan fingerprint density at radius 3 is 2.28 bits per heavy atom. The van der Waals surface area contributed by atoms with Crippen molar-refractivity contribution in [1.29, 1.82) is 0 Å². The van der Waals surface area contributed by atoms with E-state index < -0.39 is 20.2 Å². The molecule has 1 saturated heterocycles. The second-order valence-corrected chi connectivity index (χ2v) is 8.06. The molecule has 1 fully saturated rings. The van der Waals surface area contributed by atoms with Gasteiger partial charge < -0.3 is 0 Å². The van der Waals surface area contributed by atoms with E-state index in [1.807, 2.05) is 6.92 Å². The Labute approximate surface area is 109 Å². The average Bonchev–Trinajstić information content (AvgIpc) is 2.24. The van der Waals surface area contributed by atoms with Gasteiger partial charge >= 0.3 is 0 Å². The largest absolute Gasteiger partial charge is 0.279 e. The van der Waals surface area contributed by atoms with Gasteiger partial charge in [0.25, 0.3) is 10.2 Å². The predicted molar refractivity (Wildman–Crippen MR) is 69.8 cm³/mol. The summed E-state index contributed by atoms with van der Waals surface area (Å²) in [7, 11) is -6.78. The Bertz CT molecular complexity index is 460. The monoisotopic (exact) mass is 299 g/mol. The molecule has 1 aliphatic rings. The van der Waals surface area contributed by atoms with Crippen LogP contribution in [0, 0.1) is 0 Å². The number of hydrogen-bond acceptors (Lipinski definition) is 4. The molecule has 0 aromatic heterocycles. The quantitative estimate of drug-likeness (QED) is 0.631. The number of nitrogens with one attached hydrogen (secondary N) is 2. The maximum atomic E-state index is 12.0. The van der Waals surface area contributed by atoms with Gasteiger partial charge in [-0.15, -0.1) is 0 Å². The van der Waals surface area contributed by atoms with Crippen molar-refractivity contribution in [2.24, 2.45) is 0 Å². The lowest BCUT2D eigenvalue weighted by molar-refractivity contribution is 0.265. The summed E-state index contributed by atoms with van der Waals surface area (Å²) >= 11 is 0. The fourth-order valence-electron chi connectivity index (χ4n) is 1.93. The first-order valence-electron chi connectivity index (χ1n) is 5.93. The van der Waals surface area contributed by atoms with Crippen LogP contribution in [0.4, 0.5) is 0 Å². The predicted octanol–water partition coefficient (Wildman–Crippen LogP) is -0.756. The van der Waals surface area contributed by atoms with Crippen LogP contribution in [-0.2, 0) is 20.2 Å². The lowest BCUT2D eigenvalue weighted by atomic mass is 10.1. The van der Waals surface area contributed by atoms with Gasteiger partial charge in [0.05, 0.1) is 6.26 Å². The highest BCUT2D eigenvalue weighted by atomic mass is 32.2. The summed E-state index contributed by atoms with van der Waals surface area (Å²) in [5.74, 6) is 0. The summed E-state index contributed by atoms with van der Waals surface area (Å²) in [5, 5.41) is 0. The zero-order valence-corrected chi connectivity index (χ0v) is 12.3. The fraction of sp³-hybridized carbons (Fsp3) is 1.00. The first-order valence-corrected chi connectivity index (χ1v) is 9.26. The van der Waals surface area contributed by atoms with Crippen molar-refractivity contribution in [3.05, 3.63) is 0 Å². The highest BCUT2D eigenvalue weighted by Gasteiger charge is 2.28. The molecule has 108 valence electrons. The molecule has 0 spiro atoms. The van der Waals surface area contributed by atoms with Crippen molar-refractivity contribution in [2.75, 3.05) is 25.9 Å². The van der Waals surface area contributed by atoms with Crippen LogP contribution in [0.25, 0.3) is 0 Å². The van der Waals surface area contributed by atoms with Crippen molar-refractivity contribution in [2.45, 2.75) is 32.2 Å². The third kappa shape index (κ3) is 5.19. The van der Waals surface area contributed by atoms with Crippen LogP contribution in [0.15, 0.2) is 0 Å². The molecular weight excluding hydrogens is 278 g/mol. The standard InChI is InChI=1S/C9H21N3O4S2/c1-9-5-3-4-8-12(9)18(15,16)11-7-6-10-17(2,13)14/h9-11H,3-8H2,1-2H3/t9-/m0/s1. The minimum atomic E-state index is -3.50. The number of sulfonamides is 1. The van der Waals surface area contributed by atoms with Gasteiger partial charge in [-0.1, -0.05) is 6.42 Å². The minimum absolute atomic E-state index is 0.000818. The van der Waals surface area contributed by atoms with E-state index in [9.17, 15) is 16.8 Å². The molecule has 0 unspecified atom stereocenters. The molecule has 0 aromatic carbocycles. The van der Waals surface area contributed by atoms with E-state index in [2.05, 4.69) is 9.44 Å². The maximum absolute atomic E-state index is 12.0. The smallest absolute Gasteiger partial charge is 0.214 e.